The van der Waals surface area contributed by atoms with Crippen LogP contribution < -0.4 is 30.0 Å². The number of nitrogens with one attached hydrogen (secondary N) is 1. The molecule has 1 amide bonds. The van der Waals surface area contributed by atoms with Crippen molar-refractivity contribution in [2.75, 3.05) is 27.5 Å². The lowest BCUT2D eigenvalue weighted by Crippen LogP contribution is -2.68. The second-order valence-electron chi connectivity index (χ2n) is 11.9. The molecule has 228 valence electrons. The molecule has 0 saturated carbocycles. The van der Waals surface area contributed by atoms with E-state index in [0.717, 1.165) is 22.3 Å². The van der Waals surface area contributed by atoms with Crippen LogP contribution in [-0.4, -0.2) is 78.4 Å². The van der Waals surface area contributed by atoms with E-state index < -0.39 is 24.1 Å². The van der Waals surface area contributed by atoms with Gasteiger partial charge in [-0.25, -0.2) is 0 Å². The van der Waals surface area contributed by atoms with Crippen molar-refractivity contribution in [1.29, 1.82) is 5.26 Å². The van der Waals surface area contributed by atoms with Crippen molar-refractivity contribution in [2.24, 2.45) is 5.73 Å². The number of carbonyl (C=O) groups excluding carboxylic acids is 2. The van der Waals surface area contributed by atoms with Crippen LogP contribution in [0.25, 0.3) is 0 Å². The number of rotatable bonds is 5. The molecule has 6 atom stereocenters. The molecule has 0 aromatic heterocycles. The zero-order chi connectivity index (χ0) is 30.9. The number of hydrogen-bond acceptors (Lipinski definition) is 11. The third kappa shape index (κ3) is 4.29. The Morgan fingerprint density at radius 2 is 1.93 bits per heavy atom. The minimum Gasteiger partial charge on any atom is -0.504 e. The topological polar surface area (TPSA) is 160 Å². The largest absolute Gasteiger partial charge is 0.504 e. The maximum Gasteiger partial charge on any atom is 0.308 e. The van der Waals surface area contributed by atoms with E-state index in [0.29, 0.717) is 47.0 Å². The van der Waals surface area contributed by atoms with Crippen molar-refractivity contribution >= 4 is 11.9 Å². The van der Waals surface area contributed by atoms with Crippen molar-refractivity contribution < 1.29 is 33.6 Å². The minimum absolute atomic E-state index is 0.00939. The van der Waals surface area contributed by atoms with E-state index in [1.165, 1.54) is 14.0 Å². The van der Waals surface area contributed by atoms with Crippen LogP contribution in [-0.2, 0) is 22.4 Å². The Bertz CT molecular complexity index is 1570. The van der Waals surface area contributed by atoms with Crippen LogP contribution in [0.5, 0.6) is 28.7 Å². The minimum atomic E-state index is -0.739. The zero-order valence-electron chi connectivity index (χ0n) is 25.2. The summed E-state index contributed by atoms with van der Waals surface area (Å²) in [5.74, 6) is 1.05. The number of aryl methyl sites for hydroxylation is 1. The van der Waals surface area contributed by atoms with Gasteiger partial charge in [0, 0.05) is 47.8 Å². The number of carbonyl (C=O) groups is 2. The molecule has 2 aromatic carbocycles. The molecule has 43 heavy (non-hydrogen) atoms. The molecular weight excluding hydrogens is 554 g/mol. The summed E-state index contributed by atoms with van der Waals surface area (Å²) < 4.78 is 23.3. The van der Waals surface area contributed by atoms with Gasteiger partial charge >= 0.3 is 5.97 Å². The summed E-state index contributed by atoms with van der Waals surface area (Å²) in [5, 5.41) is 25.3. The first-order chi connectivity index (χ1) is 20.5. The number of esters is 1. The molecule has 4 aliphatic rings. The molecule has 0 aliphatic carbocycles. The van der Waals surface area contributed by atoms with Crippen LogP contribution in [0, 0.1) is 25.2 Å². The highest BCUT2D eigenvalue weighted by molar-refractivity contribution is 5.81. The fraction of sp³-hybridized carbons (Fsp3) is 0.516. The van der Waals surface area contributed by atoms with E-state index in [9.17, 15) is 20.0 Å². The Labute approximate surface area is 250 Å². The van der Waals surface area contributed by atoms with Gasteiger partial charge in [0.2, 0.25) is 12.7 Å². The first-order valence-corrected chi connectivity index (χ1v) is 14.4. The first-order valence-electron chi connectivity index (χ1n) is 14.4. The van der Waals surface area contributed by atoms with E-state index in [-0.39, 0.29) is 43.1 Å². The number of fused-ring (bicyclic) bond motifs is 9. The second-order valence-corrected chi connectivity index (χ2v) is 11.9. The number of nitrogens with two attached hydrogens (primary N) is 1. The van der Waals surface area contributed by atoms with E-state index in [4.69, 9.17) is 24.7 Å². The Hall–Kier alpha value is -4.05. The quantitative estimate of drug-likeness (QED) is 0.344. The van der Waals surface area contributed by atoms with Gasteiger partial charge in [-0.2, -0.15) is 5.26 Å². The average Bonchev–Trinajstić information content (AvgIpc) is 3.44. The fourth-order valence-corrected chi connectivity index (χ4v) is 7.67. The molecule has 6 rings (SSSR count). The number of nitrogens with zero attached hydrogens (tertiary/aromatic N) is 3. The predicted molar refractivity (Wildman–Crippen MR) is 154 cm³/mol. The van der Waals surface area contributed by atoms with Crippen molar-refractivity contribution in [1.82, 2.24) is 15.1 Å². The SMILES string of the molecule is COc1c(C)cc2c(c1O)[C@@H]1C3Cc4c(OC(C)=O)c(C)c5c(c4[C@H](CNC(=O)[C@H](C)N)N3[C@@H](C#N)[C@H](C2)N1C)OCO5. The molecule has 4 heterocycles. The van der Waals surface area contributed by atoms with E-state index in [1.54, 1.807) is 6.92 Å². The van der Waals surface area contributed by atoms with Crippen molar-refractivity contribution in [3.05, 3.63) is 39.4 Å². The summed E-state index contributed by atoms with van der Waals surface area (Å²) in [6.07, 6.45) is 0.917. The maximum absolute atomic E-state index is 12.8. The number of hydrogen-bond donors (Lipinski definition) is 3. The number of piperazine rings is 1. The molecular formula is C31H37N5O7. The molecule has 0 radical (unpaired) electrons. The number of benzene rings is 2. The van der Waals surface area contributed by atoms with Gasteiger partial charge in [0.15, 0.2) is 23.0 Å². The molecule has 12 nitrogen and oxygen atoms in total. The monoisotopic (exact) mass is 591 g/mol. The summed E-state index contributed by atoms with van der Waals surface area (Å²) in [6.45, 7) is 6.79. The lowest BCUT2D eigenvalue weighted by atomic mass is 9.71. The van der Waals surface area contributed by atoms with E-state index in [1.807, 2.05) is 27.0 Å². The zero-order valence-corrected chi connectivity index (χ0v) is 25.2. The van der Waals surface area contributed by atoms with Crippen LogP contribution in [0.3, 0.4) is 0 Å². The maximum atomic E-state index is 12.8. The number of phenols is 1. The third-order valence-electron chi connectivity index (χ3n) is 9.39. The Morgan fingerprint density at radius 1 is 1.21 bits per heavy atom. The Balaban J connectivity index is 1.61. The Morgan fingerprint density at radius 3 is 2.58 bits per heavy atom. The van der Waals surface area contributed by atoms with Crippen molar-refractivity contribution in [3.8, 4) is 34.8 Å². The molecule has 0 spiro atoms. The van der Waals surface area contributed by atoms with Crippen LogP contribution >= 0.6 is 0 Å². The first kappa shape index (κ1) is 29.0. The van der Waals surface area contributed by atoms with Gasteiger partial charge in [-0.05, 0) is 51.8 Å². The second kappa shape index (κ2) is 10.6. The fourth-order valence-electron chi connectivity index (χ4n) is 7.67. The highest BCUT2D eigenvalue weighted by Crippen LogP contribution is 2.58. The van der Waals surface area contributed by atoms with Gasteiger partial charge in [-0.1, -0.05) is 6.07 Å². The number of likely N-dealkylation sites (N-methyl/N-ethyl adjacent to an activating group) is 1. The summed E-state index contributed by atoms with van der Waals surface area (Å²) in [7, 11) is 3.51. The van der Waals surface area contributed by atoms with Crippen molar-refractivity contribution in [3.63, 3.8) is 0 Å². The number of phenolic OH excluding ortho intramolecular Hbond substituents is 1. The highest BCUT2D eigenvalue weighted by Gasteiger charge is 2.56. The molecule has 2 aromatic rings. The smallest absolute Gasteiger partial charge is 0.308 e. The molecule has 1 fully saturated rings. The van der Waals surface area contributed by atoms with Gasteiger partial charge in [0.05, 0.1) is 31.3 Å². The van der Waals surface area contributed by atoms with E-state index in [2.05, 4.69) is 21.2 Å². The predicted octanol–water partition coefficient (Wildman–Crippen LogP) is 1.91. The lowest BCUT2D eigenvalue weighted by molar-refractivity contribution is -0.132. The summed E-state index contributed by atoms with van der Waals surface area (Å²) in [6, 6.07) is 1.83. The van der Waals surface area contributed by atoms with Gasteiger partial charge in [0.1, 0.15) is 11.8 Å². The van der Waals surface area contributed by atoms with Gasteiger partial charge in [-0.15, -0.1) is 0 Å². The van der Waals surface area contributed by atoms with E-state index >= 15 is 0 Å². The van der Waals surface area contributed by atoms with Crippen LogP contribution in [0.15, 0.2) is 6.07 Å². The molecule has 2 bridgehead atoms. The number of methoxy groups -OCH3 is 1. The van der Waals surface area contributed by atoms with Gasteiger partial charge in [-0.3, -0.25) is 19.4 Å². The molecule has 4 N–H and O–H groups in total. The molecule has 1 unspecified atom stereocenters. The summed E-state index contributed by atoms with van der Waals surface area (Å²) in [5.41, 5.74) is 10.5. The van der Waals surface area contributed by atoms with Gasteiger partial charge in [0.25, 0.3) is 0 Å². The molecule has 1 saturated heterocycles. The van der Waals surface area contributed by atoms with Crippen LogP contribution in [0.4, 0.5) is 0 Å². The number of amides is 1. The standard InChI is InChI=1S/C31H37N5O7/c1-13-7-17-8-19-21(10-32)36-20(25(35(19)5)23(17)26(38)27(13)40-6)9-18-24(22(36)11-34-31(39)15(3)33)30-29(41-12-42-30)14(2)28(18)43-16(4)37/h7,15,19-22,25,38H,8-9,11-12,33H2,1-6H3,(H,34,39)/t15-,19-,20?,21-,22-,25-/m0/s1. The van der Waals surface area contributed by atoms with Gasteiger partial charge < -0.3 is 35.1 Å². The summed E-state index contributed by atoms with van der Waals surface area (Å²) in [4.78, 5) is 29.4. The molecule has 4 aliphatic heterocycles. The van der Waals surface area contributed by atoms with Crippen LogP contribution in [0.2, 0.25) is 0 Å². The summed E-state index contributed by atoms with van der Waals surface area (Å²) >= 11 is 0. The normalized spacial score (nSPS) is 26.0. The Kier molecular flexibility index (Phi) is 7.15. The average molecular weight is 592 g/mol. The number of aromatic hydroxyl groups is 1. The molecule has 12 heteroatoms. The third-order valence-corrected chi connectivity index (χ3v) is 9.39. The number of ether oxygens (including phenoxy) is 4. The van der Waals surface area contributed by atoms with Crippen LogP contribution in [0.1, 0.15) is 59.3 Å². The number of nitriles is 1. The lowest BCUT2D eigenvalue weighted by Gasteiger charge is -2.60. The van der Waals surface area contributed by atoms with Crippen molar-refractivity contribution in [2.45, 2.75) is 76.8 Å². The highest BCUT2D eigenvalue weighted by atomic mass is 16.7.